The molecule has 2 aromatic rings. The molecule has 2 aromatic carbocycles. The number of hydrogen-bond donors (Lipinski definition) is 2. The van der Waals surface area contributed by atoms with Crippen molar-refractivity contribution in [1.29, 1.82) is 0 Å². The lowest BCUT2D eigenvalue weighted by Gasteiger charge is -2.08. The molecule has 0 radical (unpaired) electrons. The highest BCUT2D eigenvalue weighted by atomic mass is 35.5. The summed E-state index contributed by atoms with van der Waals surface area (Å²) in [7, 11) is 0. The van der Waals surface area contributed by atoms with Gasteiger partial charge >= 0.3 is 0 Å². The highest BCUT2D eigenvalue weighted by molar-refractivity contribution is 6.30. The molecule has 2 rings (SSSR count). The number of rotatable bonds is 5. The second-order valence-corrected chi connectivity index (χ2v) is 4.65. The summed E-state index contributed by atoms with van der Waals surface area (Å²) in [6, 6.07) is 13.2. The minimum absolute atomic E-state index is 0.142. The van der Waals surface area contributed by atoms with Crippen LogP contribution in [-0.2, 0) is 4.79 Å². The summed E-state index contributed by atoms with van der Waals surface area (Å²) in [6.45, 7) is 0.361. The van der Waals surface area contributed by atoms with Crippen LogP contribution in [0.4, 0.5) is 15.8 Å². The summed E-state index contributed by atoms with van der Waals surface area (Å²) >= 11 is 5.76. The molecule has 0 atom stereocenters. The normalized spacial score (nSPS) is 10.1. The Morgan fingerprint density at radius 2 is 1.80 bits per heavy atom. The van der Waals surface area contributed by atoms with Crippen molar-refractivity contribution in [2.45, 2.75) is 6.42 Å². The Hall–Kier alpha value is -2.07. The second kappa shape index (κ2) is 6.91. The molecule has 1 amide bonds. The maximum atomic E-state index is 13.3. The SMILES string of the molecule is O=C(CCNc1ccccc1F)Nc1ccc(Cl)cc1. The molecule has 0 aliphatic rings. The molecule has 3 nitrogen and oxygen atoms in total. The largest absolute Gasteiger partial charge is 0.382 e. The van der Waals surface area contributed by atoms with Gasteiger partial charge in [-0.05, 0) is 36.4 Å². The molecule has 0 heterocycles. The first-order chi connectivity index (χ1) is 9.65. The molecule has 0 aliphatic heterocycles. The minimum Gasteiger partial charge on any atom is -0.382 e. The van der Waals surface area contributed by atoms with Crippen molar-refractivity contribution in [1.82, 2.24) is 0 Å². The van der Waals surface area contributed by atoms with E-state index in [9.17, 15) is 9.18 Å². The fraction of sp³-hybridized carbons (Fsp3) is 0.133. The van der Waals surface area contributed by atoms with E-state index in [1.807, 2.05) is 0 Å². The van der Waals surface area contributed by atoms with Gasteiger partial charge in [-0.15, -0.1) is 0 Å². The minimum atomic E-state index is -0.328. The Balaban J connectivity index is 1.78. The van der Waals surface area contributed by atoms with Crippen LogP contribution in [0.15, 0.2) is 48.5 Å². The van der Waals surface area contributed by atoms with Crippen molar-refractivity contribution in [3.05, 3.63) is 59.4 Å². The molecule has 5 heteroatoms. The van der Waals surface area contributed by atoms with Gasteiger partial charge in [0, 0.05) is 23.7 Å². The quantitative estimate of drug-likeness (QED) is 0.877. The van der Waals surface area contributed by atoms with E-state index in [2.05, 4.69) is 10.6 Å². The molecule has 0 aliphatic carbocycles. The van der Waals surface area contributed by atoms with Crippen molar-refractivity contribution in [3.8, 4) is 0 Å². The number of carbonyl (C=O) groups excluding carboxylic acids is 1. The van der Waals surface area contributed by atoms with Crippen LogP contribution in [0, 0.1) is 5.82 Å². The predicted molar refractivity (Wildman–Crippen MR) is 79.6 cm³/mol. The lowest BCUT2D eigenvalue weighted by molar-refractivity contribution is -0.115. The van der Waals surface area contributed by atoms with Crippen molar-refractivity contribution in [2.75, 3.05) is 17.2 Å². The van der Waals surface area contributed by atoms with E-state index < -0.39 is 0 Å². The van der Waals surface area contributed by atoms with Crippen molar-refractivity contribution in [2.24, 2.45) is 0 Å². The summed E-state index contributed by atoms with van der Waals surface area (Å²) in [4.78, 5) is 11.7. The summed E-state index contributed by atoms with van der Waals surface area (Å²) in [6.07, 6.45) is 0.247. The van der Waals surface area contributed by atoms with E-state index in [-0.39, 0.29) is 18.1 Å². The third-order valence-corrected chi connectivity index (χ3v) is 2.92. The van der Waals surface area contributed by atoms with E-state index in [4.69, 9.17) is 11.6 Å². The maximum Gasteiger partial charge on any atom is 0.226 e. The van der Waals surface area contributed by atoms with Gasteiger partial charge in [0.05, 0.1) is 5.69 Å². The molecule has 0 bridgehead atoms. The zero-order valence-corrected chi connectivity index (χ0v) is 11.5. The van der Waals surface area contributed by atoms with Gasteiger partial charge in [0.1, 0.15) is 5.82 Å². The highest BCUT2D eigenvalue weighted by Crippen LogP contribution is 2.14. The maximum absolute atomic E-state index is 13.3. The van der Waals surface area contributed by atoms with E-state index in [1.165, 1.54) is 6.07 Å². The van der Waals surface area contributed by atoms with E-state index >= 15 is 0 Å². The number of benzene rings is 2. The predicted octanol–water partition coefficient (Wildman–Crippen LogP) is 3.92. The zero-order valence-electron chi connectivity index (χ0n) is 10.7. The summed E-state index contributed by atoms with van der Waals surface area (Å²) in [5, 5.41) is 6.24. The summed E-state index contributed by atoms with van der Waals surface area (Å²) in [5.41, 5.74) is 1.08. The molecule has 104 valence electrons. The van der Waals surface area contributed by atoms with Crippen LogP contribution >= 0.6 is 11.6 Å². The van der Waals surface area contributed by atoms with Gasteiger partial charge < -0.3 is 10.6 Å². The number of nitrogens with one attached hydrogen (secondary N) is 2. The van der Waals surface area contributed by atoms with Gasteiger partial charge in [0.25, 0.3) is 0 Å². The highest BCUT2D eigenvalue weighted by Gasteiger charge is 2.04. The number of carbonyl (C=O) groups is 1. The molecule has 20 heavy (non-hydrogen) atoms. The Kier molecular flexibility index (Phi) is 4.96. The van der Waals surface area contributed by atoms with E-state index in [0.29, 0.717) is 22.9 Å². The molecule has 0 aromatic heterocycles. The topological polar surface area (TPSA) is 41.1 Å². The smallest absolute Gasteiger partial charge is 0.226 e. The van der Waals surface area contributed by atoms with Crippen LogP contribution in [0.25, 0.3) is 0 Å². The number of halogens is 2. The van der Waals surface area contributed by atoms with Crippen LogP contribution in [-0.4, -0.2) is 12.5 Å². The lowest BCUT2D eigenvalue weighted by Crippen LogP contribution is -2.16. The summed E-state index contributed by atoms with van der Waals surface area (Å²) < 4.78 is 13.3. The standard InChI is InChI=1S/C15H14ClFN2O/c16-11-5-7-12(8-6-11)19-15(20)9-10-18-14-4-2-1-3-13(14)17/h1-8,18H,9-10H2,(H,19,20). The Morgan fingerprint density at radius 3 is 2.50 bits per heavy atom. The van der Waals surface area contributed by atoms with Crippen LogP contribution in [0.3, 0.4) is 0 Å². The van der Waals surface area contributed by atoms with Gasteiger partial charge in [-0.2, -0.15) is 0 Å². The van der Waals surface area contributed by atoms with Crippen molar-refractivity contribution in [3.63, 3.8) is 0 Å². The number of para-hydroxylation sites is 1. The van der Waals surface area contributed by atoms with Crippen molar-refractivity contribution >= 4 is 28.9 Å². The second-order valence-electron chi connectivity index (χ2n) is 4.21. The first-order valence-corrected chi connectivity index (χ1v) is 6.57. The molecule has 0 unspecified atom stereocenters. The third-order valence-electron chi connectivity index (χ3n) is 2.67. The van der Waals surface area contributed by atoms with E-state index in [1.54, 1.807) is 42.5 Å². The summed E-state index contributed by atoms with van der Waals surface area (Å²) in [5.74, 6) is -0.471. The zero-order chi connectivity index (χ0) is 14.4. The number of hydrogen-bond acceptors (Lipinski definition) is 2. The molecule has 2 N–H and O–H groups in total. The van der Waals surface area contributed by atoms with Gasteiger partial charge in [-0.3, -0.25) is 4.79 Å². The Morgan fingerprint density at radius 1 is 1.10 bits per heavy atom. The first kappa shape index (κ1) is 14.3. The molecule has 0 fully saturated rings. The Bertz CT molecular complexity index is 587. The van der Waals surface area contributed by atoms with Crippen LogP contribution < -0.4 is 10.6 Å². The molecule has 0 saturated carbocycles. The molecule has 0 spiro atoms. The molecular weight excluding hydrogens is 279 g/mol. The van der Waals surface area contributed by atoms with Gasteiger partial charge in [-0.1, -0.05) is 23.7 Å². The number of amides is 1. The number of anilines is 2. The fourth-order valence-electron chi connectivity index (χ4n) is 1.67. The first-order valence-electron chi connectivity index (χ1n) is 6.19. The Labute approximate surface area is 121 Å². The average molecular weight is 293 g/mol. The average Bonchev–Trinajstić information content (AvgIpc) is 2.43. The van der Waals surface area contributed by atoms with Crippen LogP contribution in [0.2, 0.25) is 5.02 Å². The van der Waals surface area contributed by atoms with E-state index in [0.717, 1.165) is 0 Å². The van der Waals surface area contributed by atoms with Crippen LogP contribution in [0.1, 0.15) is 6.42 Å². The molecule has 0 saturated heterocycles. The monoisotopic (exact) mass is 292 g/mol. The lowest BCUT2D eigenvalue weighted by atomic mass is 10.3. The van der Waals surface area contributed by atoms with Gasteiger partial charge in [0.2, 0.25) is 5.91 Å². The molecular formula is C15H14ClFN2O. The van der Waals surface area contributed by atoms with Gasteiger partial charge in [0.15, 0.2) is 0 Å². The van der Waals surface area contributed by atoms with Gasteiger partial charge in [-0.25, -0.2) is 4.39 Å². The fourth-order valence-corrected chi connectivity index (χ4v) is 1.80. The van der Waals surface area contributed by atoms with Crippen molar-refractivity contribution < 1.29 is 9.18 Å². The van der Waals surface area contributed by atoms with Crippen LogP contribution in [0.5, 0.6) is 0 Å². The third kappa shape index (κ3) is 4.24.